The van der Waals surface area contributed by atoms with Gasteiger partial charge in [-0.15, -0.1) is 0 Å². The average Bonchev–Trinajstić information content (AvgIpc) is 3.23. The molecule has 4 heteroatoms. The van der Waals surface area contributed by atoms with Crippen LogP contribution in [0, 0.1) is 0 Å². The van der Waals surface area contributed by atoms with Crippen molar-refractivity contribution in [2.24, 2.45) is 0 Å². The van der Waals surface area contributed by atoms with Crippen molar-refractivity contribution in [1.82, 2.24) is 10.9 Å². The van der Waals surface area contributed by atoms with Crippen LogP contribution in [0.1, 0.15) is 18.2 Å². The third kappa shape index (κ3) is 2.46. The van der Waals surface area contributed by atoms with Crippen LogP contribution in [-0.2, 0) is 0 Å². The molecule has 0 bridgehead atoms. The number of nitrogens with one attached hydrogen (secondary N) is 3. The molecule has 0 aliphatic carbocycles. The fourth-order valence-electron chi connectivity index (χ4n) is 2.07. The van der Waals surface area contributed by atoms with Gasteiger partial charge in [-0.1, -0.05) is 18.2 Å². The highest BCUT2D eigenvalue weighted by Crippen LogP contribution is 2.24. The van der Waals surface area contributed by atoms with Gasteiger partial charge in [0.25, 0.3) is 0 Å². The second-order valence-electron chi connectivity index (χ2n) is 4.55. The molecule has 0 amide bonds. The monoisotopic (exact) mass is 243 g/mol. The summed E-state index contributed by atoms with van der Waals surface area (Å²) in [4.78, 5) is 0. The fraction of sp³-hybridized carbons (Fsp3) is 0.286. The number of hydrogen-bond donors (Lipinski definition) is 4. The number of aliphatic hydroxyl groups is 1. The van der Waals surface area contributed by atoms with Crippen LogP contribution in [-0.4, -0.2) is 18.3 Å². The van der Waals surface area contributed by atoms with Crippen LogP contribution in [0.15, 0.2) is 36.4 Å². The summed E-state index contributed by atoms with van der Waals surface area (Å²) < 4.78 is 0. The van der Waals surface area contributed by atoms with Gasteiger partial charge < -0.3 is 10.4 Å². The Bertz CT molecular complexity index is 552. The van der Waals surface area contributed by atoms with Crippen molar-refractivity contribution in [3.8, 4) is 0 Å². The topological polar surface area (TPSA) is 76.1 Å². The minimum Gasteiger partial charge on any atom is -0.396 e. The summed E-state index contributed by atoms with van der Waals surface area (Å²) >= 11 is 0. The predicted molar refractivity (Wildman–Crippen MR) is 73.2 cm³/mol. The Kier molecular flexibility index (Phi) is 3.15. The molecule has 0 radical (unpaired) electrons. The molecule has 0 atom stereocenters. The van der Waals surface area contributed by atoms with Gasteiger partial charge in [0.2, 0.25) is 0 Å². The largest absolute Gasteiger partial charge is 0.396 e. The zero-order valence-electron chi connectivity index (χ0n) is 10.1. The van der Waals surface area contributed by atoms with E-state index in [0.29, 0.717) is 6.17 Å². The highest BCUT2D eigenvalue weighted by Gasteiger charge is 2.20. The van der Waals surface area contributed by atoms with Crippen LogP contribution in [0.3, 0.4) is 0 Å². The first-order chi connectivity index (χ1) is 8.86. The summed E-state index contributed by atoms with van der Waals surface area (Å²) in [6, 6.07) is 12.8. The molecular weight excluding hydrogens is 226 g/mol. The Morgan fingerprint density at radius 3 is 2.61 bits per heavy atom. The molecule has 1 fully saturated rings. The zero-order chi connectivity index (χ0) is 12.4. The zero-order valence-corrected chi connectivity index (χ0v) is 10.1. The minimum absolute atomic E-state index is 0.228. The van der Waals surface area contributed by atoms with Gasteiger partial charge in [0.05, 0.1) is 0 Å². The van der Waals surface area contributed by atoms with Gasteiger partial charge in [0.1, 0.15) is 6.17 Å². The SMILES string of the molecule is OCCCNc1ccc2cc(C3NN3)ccc2c1. The molecule has 1 aliphatic heterocycles. The summed E-state index contributed by atoms with van der Waals surface area (Å²) in [5, 5.41) is 14.5. The number of hydrogen-bond acceptors (Lipinski definition) is 4. The summed E-state index contributed by atoms with van der Waals surface area (Å²) in [6.45, 7) is 1.03. The molecular formula is C14H17N3O. The molecule has 4 nitrogen and oxygen atoms in total. The molecule has 18 heavy (non-hydrogen) atoms. The Morgan fingerprint density at radius 2 is 1.83 bits per heavy atom. The average molecular weight is 243 g/mol. The van der Waals surface area contributed by atoms with E-state index < -0.39 is 0 Å². The van der Waals surface area contributed by atoms with Crippen molar-refractivity contribution in [2.75, 3.05) is 18.5 Å². The van der Waals surface area contributed by atoms with Gasteiger partial charge >= 0.3 is 0 Å². The first-order valence-electron chi connectivity index (χ1n) is 6.26. The number of rotatable bonds is 5. The number of fused-ring (bicyclic) bond motifs is 1. The summed E-state index contributed by atoms with van der Waals surface area (Å²) in [5.41, 5.74) is 8.52. The lowest BCUT2D eigenvalue weighted by Crippen LogP contribution is -2.03. The smallest absolute Gasteiger partial charge is 0.109 e. The molecule has 2 aromatic rings. The van der Waals surface area contributed by atoms with Crippen molar-refractivity contribution in [3.05, 3.63) is 42.0 Å². The van der Waals surface area contributed by atoms with Gasteiger partial charge in [-0.2, -0.15) is 0 Å². The summed E-state index contributed by atoms with van der Waals surface area (Å²) in [7, 11) is 0. The van der Waals surface area contributed by atoms with E-state index in [1.54, 1.807) is 0 Å². The maximum atomic E-state index is 8.75. The van der Waals surface area contributed by atoms with E-state index in [1.807, 2.05) is 0 Å². The van der Waals surface area contributed by atoms with Crippen molar-refractivity contribution in [2.45, 2.75) is 12.6 Å². The molecule has 1 saturated heterocycles. The molecule has 0 unspecified atom stereocenters. The molecule has 0 spiro atoms. The highest BCUT2D eigenvalue weighted by molar-refractivity contribution is 5.86. The Morgan fingerprint density at radius 1 is 1.06 bits per heavy atom. The van der Waals surface area contributed by atoms with Crippen LogP contribution < -0.4 is 16.2 Å². The van der Waals surface area contributed by atoms with E-state index >= 15 is 0 Å². The predicted octanol–water partition coefficient (Wildman–Crippen LogP) is 1.74. The second-order valence-corrected chi connectivity index (χ2v) is 4.55. The van der Waals surface area contributed by atoms with E-state index in [-0.39, 0.29) is 6.61 Å². The summed E-state index contributed by atoms with van der Waals surface area (Å²) in [5.74, 6) is 0. The number of anilines is 1. The lowest BCUT2D eigenvalue weighted by Gasteiger charge is -2.07. The molecule has 0 saturated carbocycles. The molecule has 0 aromatic heterocycles. The second kappa shape index (κ2) is 4.94. The van der Waals surface area contributed by atoms with Crippen LogP contribution in [0.5, 0.6) is 0 Å². The molecule has 2 aromatic carbocycles. The van der Waals surface area contributed by atoms with Crippen LogP contribution in [0.25, 0.3) is 10.8 Å². The van der Waals surface area contributed by atoms with Gasteiger partial charge in [-0.3, -0.25) is 0 Å². The molecule has 1 aliphatic rings. The normalized spacial score (nSPS) is 14.9. The van der Waals surface area contributed by atoms with Gasteiger partial charge in [-0.05, 0) is 41.0 Å². The van der Waals surface area contributed by atoms with Crippen molar-refractivity contribution in [3.63, 3.8) is 0 Å². The quantitative estimate of drug-likeness (QED) is 0.476. The van der Waals surface area contributed by atoms with Gasteiger partial charge in [0.15, 0.2) is 0 Å². The Hall–Kier alpha value is -1.62. The molecule has 1 heterocycles. The van der Waals surface area contributed by atoms with Crippen LogP contribution in [0.4, 0.5) is 5.69 Å². The maximum absolute atomic E-state index is 8.75. The molecule has 4 N–H and O–H groups in total. The Balaban J connectivity index is 1.81. The third-order valence-corrected chi connectivity index (χ3v) is 3.15. The van der Waals surface area contributed by atoms with E-state index in [4.69, 9.17) is 5.11 Å². The molecule has 3 rings (SSSR count). The van der Waals surface area contributed by atoms with E-state index in [9.17, 15) is 0 Å². The van der Waals surface area contributed by atoms with E-state index in [0.717, 1.165) is 18.7 Å². The number of aliphatic hydroxyl groups excluding tert-OH is 1. The first-order valence-corrected chi connectivity index (χ1v) is 6.26. The lowest BCUT2D eigenvalue weighted by atomic mass is 10.1. The maximum Gasteiger partial charge on any atom is 0.109 e. The van der Waals surface area contributed by atoms with Crippen molar-refractivity contribution in [1.29, 1.82) is 0 Å². The highest BCUT2D eigenvalue weighted by atomic mass is 16.3. The van der Waals surface area contributed by atoms with Crippen molar-refractivity contribution < 1.29 is 5.11 Å². The Labute approximate surface area is 106 Å². The van der Waals surface area contributed by atoms with E-state index in [2.05, 4.69) is 52.6 Å². The van der Waals surface area contributed by atoms with Crippen LogP contribution >= 0.6 is 0 Å². The number of hydrazine groups is 1. The fourth-order valence-corrected chi connectivity index (χ4v) is 2.07. The van der Waals surface area contributed by atoms with E-state index in [1.165, 1.54) is 16.3 Å². The lowest BCUT2D eigenvalue weighted by molar-refractivity contribution is 0.292. The molecule has 94 valence electrons. The standard InChI is InChI=1S/C14H17N3O/c18-7-1-6-15-13-5-4-10-8-12(14-16-17-14)3-2-11(10)9-13/h2-5,8-9,14-18H,1,6-7H2. The summed E-state index contributed by atoms with van der Waals surface area (Å²) in [6.07, 6.45) is 1.09. The third-order valence-electron chi connectivity index (χ3n) is 3.15. The van der Waals surface area contributed by atoms with Crippen molar-refractivity contribution >= 4 is 16.5 Å². The van der Waals surface area contributed by atoms with Gasteiger partial charge in [0, 0.05) is 18.8 Å². The number of benzene rings is 2. The first kappa shape index (κ1) is 11.5. The minimum atomic E-state index is 0.228. The van der Waals surface area contributed by atoms with Crippen LogP contribution in [0.2, 0.25) is 0 Å². The van der Waals surface area contributed by atoms with Gasteiger partial charge in [-0.25, -0.2) is 10.9 Å².